The molecule has 0 aromatic carbocycles. The Hall–Kier alpha value is -0.770. The average molecular weight is 206 g/mol. The van der Waals surface area contributed by atoms with E-state index >= 15 is 0 Å². The van der Waals surface area contributed by atoms with E-state index in [0.717, 1.165) is 13.0 Å². The third-order valence-corrected chi connectivity index (χ3v) is 2.27. The number of hydrogen-bond acceptors (Lipinski definition) is 3. The van der Waals surface area contributed by atoms with Gasteiger partial charge in [-0.2, -0.15) is 0 Å². The standard InChI is InChI=1S/C8H12ClNO3/c1-6(11)10-3-2-7(4-10)5-13-8(9)12/h7H,2-5H2,1H3. The van der Waals surface area contributed by atoms with E-state index in [1.165, 1.54) is 6.92 Å². The number of nitrogens with zero attached hydrogens (tertiary/aromatic N) is 1. The van der Waals surface area contributed by atoms with E-state index < -0.39 is 5.43 Å². The largest absolute Gasteiger partial charge is 0.453 e. The molecule has 1 atom stereocenters. The van der Waals surface area contributed by atoms with E-state index in [1.807, 2.05) is 0 Å². The number of halogens is 1. The minimum Gasteiger partial charge on any atom is -0.453 e. The molecule has 0 bridgehead atoms. The maximum atomic E-state index is 10.9. The first-order valence-corrected chi connectivity index (χ1v) is 4.55. The van der Waals surface area contributed by atoms with Crippen molar-refractivity contribution in [3.05, 3.63) is 0 Å². The van der Waals surface area contributed by atoms with Gasteiger partial charge in [0.2, 0.25) is 5.91 Å². The van der Waals surface area contributed by atoms with Gasteiger partial charge in [-0.3, -0.25) is 4.79 Å². The Morgan fingerprint density at radius 3 is 2.77 bits per heavy atom. The topological polar surface area (TPSA) is 46.6 Å². The number of hydrogen-bond donors (Lipinski definition) is 0. The minimum absolute atomic E-state index is 0.0692. The molecule has 1 heterocycles. The van der Waals surface area contributed by atoms with Gasteiger partial charge in [-0.1, -0.05) is 0 Å². The van der Waals surface area contributed by atoms with Crippen LogP contribution >= 0.6 is 11.6 Å². The first-order valence-electron chi connectivity index (χ1n) is 4.17. The number of carbonyl (C=O) groups is 2. The molecule has 0 saturated carbocycles. The Labute approximate surface area is 81.8 Å². The van der Waals surface area contributed by atoms with E-state index in [-0.39, 0.29) is 11.8 Å². The van der Waals surface area contributed by atoms with Crippen molar-refractivity contribution in [3.8, 4) is 0 Å². The number of rotatable bonds is 2. The third kappa shape index (κ3) is 3.22. The Bertz CT molecular complexity index is 219. The van der Waals surface area contributed by atoms with Gasteiger partial charge in [0.05, 0.1) is 6.61 Å². The fraction of sp³-hybridized carbons (Fsp3) is 0.750. The maximum absolute atomic E-state index is 10.9. The highest BCUT2D eigenvalue weighted by Crippen LogP contribution is 2.16. The van der Waals surface area contributed by atoms with Crippen molar-refractivity contribution < 1.29 is 14.3 Å². The van der Waals surface area contributed by atoms with Crippen molar-refractivity contribution in [1.29, 1.82) is 0 Å². The van der Waals surface area contributed by atoms with Gasteiger partial charge in [0.15, 0.2) is 0 Å². The summed E-state index contributed by atoms with van der Waals surface area (Å²) in [7, 11) is 0. The predicted molar refractivity (Wildman–Crippen MR) is 47.6 cm³/mol. The van der Waals surface area contributed by atoms with Gasteiger partial charge in [0.1, 0.15) is 0 Å². The lowest BCUT2D eigenvalue weighted by Crippen LogP contribution is -2.26. The highest BCUT2D eigenvalue weighted by molar-refractivity contribution is 6.61. The van der Waals surface area contributed by atoms with E-state index in [9.17, 15) is 9.59 Å². The summed E-state index contributed by atoms with van der Waals surface area (Å²) in [5.41, 5.74) is -0.777. The Morgan fingerprint density at radius 1 is 1.62 bits per heavy atom. The monoisotopic (exact) mass is 205 g/mol. The van der Waals surface area contributed by atoms with Gasteiger partial charge >= 0.3 is 5.43 Å². The second kappa shape index (κ2) is 4.46. The summed E-state index contributed by atoms with van der Waals surface area (Å²) in [6.45, 7) is 3.27. The van der Waals surface area contributed by atoms with Crippen molar-refractivity contribution >= 4 is 22.9 Å². The minimum atomic E-state index is -0.777. The molecular formula is C8H12ClNO3. The molecule has 1 rings (SSSR count). The summed E-state index contributed by atoms with van der Waals surface area (Å²) in [5, 5.41) is 0. The van der Waals surface area contributed by atoms with Gasteiger partial charge in [-0.15, -0.1) is 0 Å². The van der Waals surface area contributed by atoms with Gasteiger partial charge in [0.25, 0.3) is 0 Å². The molecule has 0 aromatic heterocycles. The van der Waals surface area contributed by atoms with Gasteiger partial charge in [-0.25, -0.2) is 4.79 Å². The van der Waals surface area contributed by atoms with Crippen molar-refractivity contribution in [3.63, 3.8) is 0 Å². The van der Waals surface area contributed by atoms with Crippen LogP contribution in [0.1, 0.15) is 13.3 Å². The summed E-state index contributed by atoms with van der Waals surface area (Å²) in [4.78, 5) is 22.9. The fourth-order valence-electron chi connectivity index (χ4n) is 1.44. The Morgan fingerprint density at radius 2 is 2.31 bits per heavy atom. The second-order valence-corrected chi connectivity index (χ2v) is 3.48. The smallest absolute Gasteiger partial charge is 0.403 e. The lowest BCUT2D eigenvalue weighted by molar-refractivity contribution is -0.127. The molecule has 0 aliphatic carbocycles. The molecule has 1 saturated heterocycles. The maximum Gasteiger partial charge on any atom is 0.403 e. The number of amides is 1. The van der Waals surface area contributed by atoms with Crippen molar-refractivity contribution in [1.82, 2.24) is 4.90 Å². The molecule has 1 amide bonds. The highest BCUT2D eigenvalue weighted by Gasteiger charge is 2.24. The zero-order valence-electron chi connectivity index (χ0n) is 7.46. The van der Waals surface area contributed by atoms with E-state index in [1.54, 1.807) is 4.90 Å². The predicted octanol–water partition coefficient (Wildman–Crippen LogP) is 1.23. The van der Waals surface area contributed by atoms with Crippen LogP contribution in [0.4, 0.5) is 4.79 Å². The zero-order valence-corrected chi connectivity index (χ0v) is 8.21. The molecule has 1 aliphatic heterocycles. The molecular weight excluding hydrogens is 194 g/mol. The molecule has 4 nitrogen and oxygen atoms in total. The van der Waals surface area contributed by atoms with Crippen LogP contribution in [0.2, 0.25) is 0 Å². The van der Waals surface area contributed by atoms with Crippen LogP contribution in [0.15, 0.2) is 0 Å². The Balaban J connectivity index is 2.25. The number of ether oxygens (including phenoxy) is 1. The summed E-state index contributed by atoms with van der Waals surface area (Å²) in [5.74, 6) is 0.311. The van der Waals surface area contributed by atoms with Crippen LogP contribution in [0, 0.1) is 5.92 Å². The van der Waals surface area contributed by atoms with Crippen molar-refractivity contribution in [2.24, 2.45) is 5.92 Å². The third-order valence-electron chi connectivity index (χ3n) is 2.16. The van der Waals surface area contributed by atoms with Crippen LogP contribution in [-0.4, -0.2) is 35.9 Å². The highest BCUT2D eigenvalue weighted by atomic mass is 35.5. The van der Waals surface area contributed by atoms with Gasteiger partial charge < -0.3 is 9.64 Å². The summed E-state index contributed by atoms with van der Waals surface area (Å²) >= 11 is 5.01. The molecule has 5 heteroatoms. The van der Waals surface area contributed by atoms with Crippen molar-refractivity contribution in [2.45, 2.75) is 13.3 Å². The normalized spacial score (nSPS) is 21.7. The molecule has 1 unspecified atom stereocenters. The van der Waals surface area contributed by atoms with E-state index in [2.05, 4.69) is 4.74 Å². The molecule has 0 spiro atoms. The number of likely N-dealkylation sites (tertiary alicyclic amines) is 1. The SMILES string of the molecule is CC(=O)N1CCC(COC(=O)Cl)C1. The lowest BCUT2D eigenvalue weighted by Gasteiger charge is -2.13. The number of carbonyl (C=O) groups excluding carboxylic acids is 2. The summed E-state index contributed by atoms with van der Waals surface area (Å²) in [6.07, 6.45) is 0.879. The van der Waals surface area contributed by atoms with E-state index in [0.29, 0.717) is 13.2 Å². The first-order chi connectivity index (χ1) is 6.09. The molecule has 1 fully saturated rings. The molecule has 13 heavy (non-hydrogen) atoms. The Kier molecular flexibility index (Phi) is 3.54. The van der Waals surface area contributed by atoms with Crippen LogP contribution in [0.25, 0.3) is 0 Å². The van der Waals surface area contributed by atoms with Crippen LogP contribution in [0.3, 0.4) is 0 Å². The van der Waals surface area contributed by atoms with Crippen LogP contribution in [0.5, 0.6) is 0 Å². The molecule has 74 valence electrons. The molecule has 1 aliphatic rings. The molecule has 0 radical (unpaired) electrons. The quantitative estimate of drug-likeness (QED) is 0.637. The van der Waals surface area contributed by atoms with Gasteiger partial charge in [0, 0.05) is 37.5 Å². The average Bonchev–Trinajstić information content (AvgIpc) is 2.48. The zero-order chi connectivity index (χ0) is 9.84. The van der Waals surface area contributed by atoms with Gasteiger partial charge in [-0.05, 0) is 6.42 Å². The summed E-state index contributed by atoms with van der Waals surface area (Å²) in [6, 6.07) is 0. The fourth-order valence-corrected chi connectivity index (χ4v) is 1.50. The van der Waals surface area contributed by atoms with Crippen LogP contribution in [-0.2, 0) is 9.53 Å². The lowest BCUT2D eigenvalue weighted by atomic mass is 10.1. The van der Waals surface area contributed by atoms with Crippen molar-refractivity contribution in [2.75, 3.05) is 19.7 Å². The molecule has 0 aromatic rings. The van der Waals surface area contributed by atoms with Crippen LogP contribution < -0.4 is 0 Å². The first kappa shape index (κ1) is 10.3. The van der Waals surface area contributed by atoms with E-state index in [4.69, 9.17) is 11.6 Å². The summed E-state index contributed by atoms with van der Waals surface area (Å²) < 4.78 is 4.64. The second-order valence-electron chi connectivity index (χ2n) is 3.17. The molecule has 0 N–H and O–H groups in total.